The number of aliphatic hydroxyl groups excluding tert-OH is 1. The van der Waals surface area contributed by atoms with E-state index in [2.05, 4.69) is 13.2 Å². The minimum Gasteiger partial charge on any atom is -0.465 e. The Kier molecular flexibility index (Phi) is 9.75. The number of benzene rings is 1. The molecule has 1 N–H and O–H groups in total. The number of nitrogens with zero attached hydrogens (tertiary/aromatic N) is 2. The number of anilines is 1. The number of aryl methyl sites for hydroxylation is 2. The predicted octanol–water partition coefficient (Wildman–Crippen LogP) is 4.65. The molecule has 2 bridgehead atoms. The second-order valence-electron chi connectivity index (χ2n) is 11.8. The number of allylic oxidation sites excluding steroid dienone is 1. The number of amides is 2. The summed E-state index contributed by atoms with van der Waals surface area (Å²) in [6, 6.07) is 5.08. The molecule has 224 valence electrons. The lowest BCUT2D eigenvalue weighted by Gasteiger charge is -2.37. The number of esters is 1. The van der Waals surface area contributed by atoms with Crippen LogP contribution >= 0.6 is 0 Å². The summed E-state index contributed by atoms with van der Waals surface area (Å²) in [6.45, 7) is 14.4. The quantitative estimate of drug-likeness (QED) is 0.189. The first-order chi connectivity index (χ1) is 19.7. The SMILES string of the molecule is C=CCCCCOC(=O)[C@H]1[C@H]2C(=O)N(CCCCO)C(C(=O)N(CC=C)c3cc(C)ccc3C)C23CC[C@]1(CC)O3. The van der Waals surface area contributed by atoms with Crippen LogP contribution in [-0.2, 0) is 23.9 Å². The van der Waals surface area contributed by atoms with E-state index in [0.717, 1.165) is 36.1 Å². The van der Waals surface area contributed by atoms with Crippen LogP contribution in [0.1, 0.15) is 69.4 Å². The van der Waals surface area contributed by atoms with Crippen molar-refractivity contribution in [2.75, 3.05) is 31.2 Å². The summed E-state index contributed by atoms with van der Waals surface area (Å²) in [5.74, 6) is -2.43. The molecule has 3 aliphatic rings. The van der Waals surface area contributed by atoms with Gasteiger partial charge in [0.15, 0.2) is 0 Å². The zero-order valence-electron chi connectivity index (χ0n) is 24.9. The van der Waals surface area contributed by atoms with Gasteiger partial charge >= 0.3 is 5.97 Å². The first-order valence-electron chi connectivity index (χ1n) is 15.1. The van der Waals surface area contributed by atoms with Crippen LogP contribution in [0.4, 0.5) is 5.69 Å². The summed E-state index contributed by atoms with van der Waals surface area (Å²) >= 11 is 0. The lowest BCUT2D eigenvalue weighted by molar-refractivity contribution is -0.161. The molecule has 0 aromatic heterocycles. The lowest BCUT2D eigenvalue weighted by atomic mass is 9.65. The van der Waals surface area contributed by atoms with Crippen molar-refractivity contribution in [3.8, 4) is 0 Å². The average molecular weight is 567 g/mol. The summed E-state index contributed by atoms with van der Waals surface area (Å²) in [4.78, 5) is 46.0. The third kappa shape index (κ3) is 5.48. The molecule has 2 amide bonds. The molecule has 2 unspecified atom stereocenters. The Morgan fingerprint density at radius 3 is 2.63 bits per heavy atom. The largest absolute Gasteiger partial charge is 0.465 e. The average Bonchev–Trinajstić information content (AvgIpc) is 3.56. The van der Waals surface area contributed by atoms with Crippen LogP contribution in [0, 0.1) is 25.7 Å². The second kappa shape index (κ2) is 12.9. The van der Waals surface area contributed by atoms with Crippen molar-refractivity contribution >= 4 is 23.5 Å². The van der Waals surface area contributed by atoms with Gasteiger partial charge in [0.2, 0.25) is 5.91 Å². The van der Waals surface area contributed by atoms with Gasteiger partial charge in [-0.05, 0) is 82.4 Å². The van der Waals surface area contributed by atoms with Crippen LogP contribution in [0.5, 0.6) is 0 Å². The monoisotopic (exact) mass is 566 g/mol. The van der Waals surface area contributed by atoms with Crippen LogP contribution in [0.15, 0.2) is 43.5 Å². The van der Waals surface area contributed by atoms with Gasteiger partial charge in [0.1, 0.15) is 17.6 Å². The van der Waals surface area contributed by atoms with E-state index in [1.54, 1.807) is 15.9 Å². The number of likely N-dealkylation sites (tertiary alicyclic amines) is 1. The molecule has 8 nitrogen and oxygen atoms in total. The minimum absolute atomic E-state index is 0.00343. The van der Waals surface area contributed by atoms with E-state index in [4.69, 9.17) is 9.47 Å². The minimum atomic E-state index is -1.12. The topological polar surface area (TPSA) is 96.4 Å². The molecule has 41 heavy (non-hydrogen) atoms. The Morgan fingerprint density at radius 2 is 1.95 bits per heavy atom. The van der Waals surface area contributed by atoms with E-state index in [1.165, 1.54) is 0 Å². The molecule has 3 saturated heterocycles. The van der Waals surface area contributed by atoms with Crippen LogP contribution in [0.25, 0.3) is 0 Å². The van der Waals surface area contributed by atoms with Gasteiger partial charge in [0.25, 0.3) is 5.91 Å². The van der Waals surface area contributed by atoms with Crippen molar-refractivity contribution in [3.05, 3.63) is 54.6 Å². The Balaban J connectivity index is 1.74. The van der Waals surface area contributed by atoms with Gasteiger partial charge in [0, 0.05) is 25.4 Å². The van der Waals surface area contributed by atoms with E-state index in [0.29, 0.717) is 38.6 Å². The fraction of sp³-hybridized carbons (Fsp3) is 0.606. The van der Waals surface area contributed by atoms with Crippen LogP contribution in [0.2, 0.25) is 0 Å². The molecule has 1 spiro atoms. The summed E-state index contributed by atoms with van der Waals surface area (Å²) in [6.07, 6.45) is 8.66. The van der Waals surface area contributed by atoms with Gasteiger partial charge in [-0.3, -0.25) is 14.4 Å². The van der Waals surface area contributed by atoms with E-state index < -0.39 is 35.0 Å². The molecule has 3 heterocycles. The van der Waals surface area contributed by atoms with Gasteiger partial charge in [0.05, 0.1) is 18.1 Å². The highest BCUT2D eigenvalue weighted by atomic mass is 16.6. The Labute approximate surface area is 244 Å². The standard InChI is InChI=1S/C33H46N2O6/c1-6-9-10-13-21-40-31(39)27-26-29(37)35(19-11-12-20-36)28(33(26)17-16-32(27,8-3)41-33)30(38)34(18-7-2)25-22-23(4)14-15-24(25)5/h6-7,14-15,22,26-28,36H,1-2,8-13,16-21H2,3-5H3/t26-,27+,28?,32-,33?/m0/s1. The van der Waals surface area contributed by atoms with E-state index in [-0.39, 0.29) is 31.6 Å². The second-order valence-corrected chi connectivity index (χ2v) is 11.8. The fourth-order valence-electron chi connectivity index (χ4n) is 7.24. The summed E-state index contributed by atoms with van der Waals surface area (Å²) in [7, 11) is 0. The number of unbranched alkanes of at least 4 members (excludes halogenated alkanes) is 3. The molecular formula is C33H46N2O6. The first-order valence-corrected chi connectivity index (χ1v) is 15.1. The molecule has 4 rings (SSSR count). The Bertz CT molecular complexity index is 1170. The smallest absolute Gasteiger partial charge is 0.312 e. The van der Waals surface area contributed by atoms with Gasteiger partial charge < -0.3 is 24.4 Å². The van der Waals surface area contributed by atoms with E-state index in [1.807, 2.05) is 45.0 Å². The maximum atomic E-state index is 14.7. The van der Waals surface area contributed by atoms with Crippen molar-refractivity contribution in [1.29, 1.82) is 0 Å². The van der Waals surface area contributed by atoms with Crippen molar-refractivity contribution < 1.29 is 29.0 Å². The molecule has 0 aliphatic carbocycles. The number of aliphatic hydroxyl groups is 1. The predicted molar refractivity (Wildman–Crippen MR) is 158 cm³/mol. The number of hydrogen-bond acceptors (Lipinski definition) is 6. The Hall–Kier alpha value is -2.97. The highest BCUT2D eigenvalue weighted by Gasteiger charge is 2.79. The van der Waals surface area contributed by atoms with E-state index >= 15 is 0 Å². The van der Waals surface area contributed by atoms with Gasteiger partial charge in [-0.2, -0.15) is 0 Å². The number of hydrogen-bond donors (Lipinski definition) is 1. The number of carbonyl (C=O) groups is 3. The lowest BCUT2D eigenvalue weighted by Crippen LogP contribution is -2.56. The molecule has 1 aromatic rings. The number of rotatable bonds is 15. The molecule has 1 aromatic carbocycles. The normalized spacial score (nSPS) is 28.0. The number of carbonyl (C=O) groups excluding carboxylic acids is 3. The van der Waals surface area contributed by atoms with Crippen molar-refractivity contribution in [1.82, 2.24) is 4.90 Å². The Morgan fingerprint density at radius 1 is 1.17 bits per heavy atom. The molecule has 8 heteroatoms. The molecular weight excluding hydrogens is 520 g/mol. The molecule has 3 fully saturated rings. The first kappa shape index (κ1) is 31.0. The van der Waals surface area contributed by atoms with Gasteiger partial charge in [-0.25, -0.2) is 0 Å². The summed E-state index contributed by atoms with van der Waals surface area (Å²) in [5.41, 5.74) is 0.773. The van der Waals surface area contributed by atoms with Crippen LogP contribution in [0.3, 0.4) is 0 Å². The van der Waals surface area contributed by atoms with Crippen LogP contribution < -0.4 is 4.90 Å². The van der Waals surface area contributed by atoms with Crippen molar-refractivity contribution in [3.63, 3.8) is 0 Å². The summed E-state index contributed by atoms with van der Waals surface area (Å²) < 4.78 is 12.6. The molecule has 3 aliphatic heterocycles. The molecule has 5 atom stereocenters. The third-order valence-electron chi connectivity index (χ3n) is 9.26. The molecule has 0 saturated carbocycles. The zero-order chi connectivity index (χ0) is 29.8. The maximum Gasteiger partial charge on any atom is 0.312 e. The van der Waals surface area contributed by atoms with Gasteiger partial charge in [-0.15, -0.1) is 13.2 Å². The third-order valence-corrected chi connectivity index (χ3v) is 9.26. The number of fused-ring (bicyclic) bond motifs is 1. The summed E-state index contributed by atoms with van der Waals surface area (Å²) in [5, 5.41) is 9.45. The van der Waals surface area contributed by atoms with Gasteiger partial charge in [-0.1, -0.05) is 31.2 Å². The highest BCUT2D eigenvalue weighted by molar-refractivity contribution is 6.05. The molecule has 0 radical (unpaired) electrons. The van der Waals surface area contributed by atoms with Crippen molar-refractivity contribution in [2.45, 2.75) is 89.4 Å². The highest BCUT2D eigenvalue weighted by Crippen LogP contribution is 2.64. The van der Waals surface area contributed by atoms with Crippen molar-refractivity contribution in [2.24, 2.45) is 11.8 Å². The van der Waals surface area contributed by atoms with Crippen LogP contribution in [-0.4, -0.2) is 71.3 Å². The maximum absolute atomic E-state index is 14.7. The van der Waals surface area contributed by atoms with E-state index in [9.17, 15) is 19.5 Å². The zero-order valence-corrected chi connectivity index (χ0v) is 24.9. The number of ether oxygens (including phenoxy) is 2. The fourth-order valence-corrected chi connectivity index (χ4v) is 7.24.